The highest BCUT2D eigenvalue weighted by atomic mass is 16.6. The number of benzene rings is 3. The van der Waals surface area contributed by atoms with Crippen LogP contribution in [0, 0.1) is 20.2 Å². The molecule has 0 atom stereocenters. The zero-order valence-electron chi connectivity index (χ0n) is 17.7. The maximum Gasteiger partial charge on any atom is 0.343 e. The Morgan fingerprint density at radius 1 is 0.882 bits per heavy atom. The molecule has 0 unspecified atom stereocenters. The van der Waals surface area contributed by atoms with E-state index in [-0.39, 0.29) is 11.5 Å². The van der Waals surface area contributed by atoms with Gasteiger partial charge in [0.1, 0.15) is 17.3 Å². The van der Waals surface area contributed by atoms with Crippen LogP contribution in [0.15, 0.2) is 78.4 Å². The molecule has 10 heteroatoms. The lowest BCUT2D eigenvalue weighted by molar-refractivity contribution is -0.394. The van der Waals surface area contributed by atoms with Crippen LogP contribution in [-0.4, -0.2) is 22.9 Å². The molecule has 34 heavy (non-hydrogen) atoms. The summed E-state index contributed by atoms with van der Waals surface area (Å²) in [7, 11) is 1.56. The Morgan fingerprint density at radius 2 is 1.56 bits per heavy atom. The molecule has 0 amide bonds. The number of carbonyl (C=O) groups excluding carboxylic acids is 1. The summed E-state index contributed by atoms with van der Waals surface area (Å²) < 4.78 is 16.0. The van der Waals surface area contributed by atoms with Crippen molar-refractivity contribution < 1.29 is 28.9 Å². The minimum Gasteiger partial charge on any atom is -0.497 e. The lowest BCUT2D eigenvalue weighted by Crippen LogP contribution is -1.97. The fourth-order valence-corrected chi connectivity index (χ4v) is 3.17. The predicted octanol–water partition coefficient (Wildman–Crippen LogP) is 5.29. The number of hydrogen-bond acceptors (Lipinski definition) is 8. The number of rotatable bonds is 7. The van der Waals surface area contributed by atoms with Crippen molar-refractivity contribution in [2.75, 3.05) is 7.11 Å². The third kappa shape index (κ3) is 4.75. The number of esters is 1. The zero-order valence-corrected chi connectivity index (χ0v) is 17.7. The zero-order chi connectivity index (χ0) is 24.2. The van der Waals surface area contributed by atoms with Gasteiger partial charge < -0.3 is 14.2 Å². The average Bonchev–Trinajstić information content (AvgIpc) is 3.20. The van der Waals surface area contributed by atoms with Crippen molar-refractivity contribution in [2.24, 2.45) is 0 Å². The van der Waals surface area contributed by atoms with Crippen LogP contribution >= 0.6 is 0 Å². The van der Waals surface area contributed by atoms with Gasteiger partial charge in [-0.05, 0) is 60.2 Å². The second-order valence-electron chi connectivity index (χ2n) is 7.06. The van der Waals surface area contributed by atoms with Crippen LogP contribution in [0.2, 0.25) is 0 Å². The normalized spacial score (nSPS) is 13.9. The Morgan fingerprint density at radius 3 is 2.18 bits per heavy atom. The Hall–Kier alpha value is -4.99. The summed E-state index contributed by atoms with van der Waals surface area (Å²) in [5.74, 6) is 0.762. The molecule has 1 aliphatic rings. The van der Waals surface area contributed by atoms with Gasteiger partial charge in [0.25, 0.3) is 5.69 Å². The van der Waals surface area contributed by atoms with Gasteiger partial charge in [0.2, 0.25) is 5.75 Å². The van der Waals surface area contributed by atoms with Crippen LogP contribution in [0.5, 0.6) is 17.2 Å². The summed E-state index contributed by atoms with van der Waals surface area (Å²) in [6.07, 6.45) is 3.27. The summed E-state index contributed by atoms with van der Waals surface area (Å²) in [6.45, 7) is 0. The Balaban J connectivity index is 1.53. The molecular formula is C24H16N2O8. The van der Waals surface area contributed by atoms with Crippen molar-refractivity contribution in [3.8, 4) is 17.2 Å². The van der Waals surface area contributed by atoms with Crippen LogP contribution < -0.4 is 9.47 Å². The molecule has 1 aliphatic heterocycles. The van der Waals surface area contributed by atoms with Crippen molar-refractivity contribution in [1.29, 1.82) is 0 Å². The van der Waals surface area contributed by atoms with Crippen LogP contribution in [0.4, 0.5) is 11.4 Å². The molecule has 4 rings (SSSR count). The number of non-ortho nitro benzene ring substituents is 1. The highest BCUT2D eigenvalue weighted by Crippen LogP contribution is 2.35. The van der Waals surface area contributed by atoms with E-state index >= 15 is 0 Å². The molecule has 0 radical (unpaired) electrons. The van der Waals surface area contributed by atoms with Crippen LogP contribution in [0.25, 0.3) is 11.8 Å². The summed E-state index contributed by atoms with van der Waals surface area (Å²) in [4.78, 5) is 32.9. The molecule has 0 N–H and O–H groups in total. The molecule has 0 aromatic heterocycles. The summed E-state index contributed by atoms with van der Waals surface area (Å²) in [5.41, 5.74) is 0.818. The molecular weight excluding hydrogens is 444 g/mol. The van der Waals surface area contributed by atoms with Crippen molar-refractivity contribution in [2.45, 2.75) is 0 Å². The van der Waals surface area contributed by atoms with E-state index in [1.807, 2.05) is 0 Å². The number of cyclic esters (lactones) is 1. The molecule has 10 nitrogen and oxygen atoms in total. The lowest BCUT2D eigenvalue weighted by atomic mass is 10.1. The summed E-state index contributed by atoms with van der Waals surface area (Å²) in [6, 6.07) is 16.7. The van der Waals surface area contributed by atoms with Crippen LogP contribution in [0.1, 0.15) is 11.1 Å². The summed E-state index contributed by atoms with van der Waals surface area (Å²) >= 11 is 0. The lowest BCUT2D eigenvalue weighted by Gasteiger charge is -2.06. The van der Waals surface area contributed by atoms with E-state index in [0.29, 0.717) is 22.6 Å². The van der Waals surface area contributed by atoms with Crippen LogP contribution in [-0.2, 0) is 9.53 Å². The first kappa shape index (κ1) is 22.2. The maximum absolute atomic E-state index is 12.3. The van der Waals surface area contributed by atoms with E-state index in [9.17, 15) is 25.0 Å². The standard InChI is InChI=1S/C24H16N2O8/c1-32-19-9-4-16(5-10-19)23-13-17(24(27)34-23)12-15-2-7-20(8-3-15)33-22-11-6-18(25(28)29)14-21(22)26(30)31/h2-14H,1H3/b17-12+. The smallest absolute Gasteiger partial charge is 0.343 e. The Bertz CT molecular complexity index is 1340. The maximum atomic E-state index is 12.3. The van der Waals surface area contributed by atoms with Gasteiger partial charge in [0, 0.05) is 11.6 Å². The number of methoxy groups -OCH3 is 1. The van der Waals surface area contributed by atoms with E-state index in [2.05, 4.69) is 0 Å². The van der Waals surface area contributed by atoms with Crippen LogP contribution in [0.3, 0.4) is 0 Å². The Labute approximate surface area is 192 Å². The molecule has 0 saturated heterocycles. The molecule has 0 fully saturated rings. The van der Waals surface area contributed by atoms with E-state index in [4.69, 9.17) is 14.2 Å². The summed E-state index contributed by atoms with van der Waals surface area (Å²) in [5, 5.41) is 22.1. The van der Waals surface area contributed by atoms with Gasteiger partial charge >= 0.3 is 11.7 Å². The first-order chi connectivity index (χ1) is 16.3. The molecule has 3 aromatic carbocycles. The minimum atomic E-state index is -0.750. The van der Waals surface area contributed by atoms with Gasteiger partial charge in [-0.2, -0.15) is 0 Å². The fourth-order valence-electron chi connectivity index (χ4n) is 3.17. The second-order valence-corrected chi connectivity index (χ2v) is 7.06. The van der Waals surface area contributed by atoms with Gasteiger partial charge in [-0.25, -0.2) is 4.79 Å². The molecule has 3 aromatic rings. The first-order valence-electron chi connectivity index (χ1n) is 9.85. The first-order valence-corrected chi connectivity index (χ1v) is 9.85. The van der Waals surface area contributed by atoms with Gasteiger partial charge in [-0.15, -0.1) is 0 Å². The number of nitro groups is 2. The molecule has 1 heterocycles. The quantitative estimate of drug-likeness (QED) is 0.201. The molecule has 0 spiro atoms. The van der Waals surface area contributed by atoms with Gasteiger partial charge in [0.15, 0.2) is 0 Å². The van der Waals surface area contributed by atoms with Gasteiger partial charge in [-0.3, -0.25) is 20.2 Å². The van der Waals surface area contributed by atoms with Gasteiger partial charge in [0.05, 0.1) is 28.6 Å². The van der Waals surface area contributed by atoms with E-state index in [1.165, 1.54) is 6.07 Å². The van der Waals surface area contributed by atoms with Gasteiger partial charge in [-0.1, -0.05) is 12.1 Å². The molecule has 170 valence electrons. The number of nitrogens with zero attached hydrogens (tertiary/aromatic N) is 2. The van der Waals surface area contributed by atoms with Crippen molar-refractivity contribution in [3.63, 3.8) is 0 Å². The Kier molecular flexibility index (Phi) is 6.04. The largest absolute Gasteiger partial charge is 0.497 e. The minimum absolute atomic E-state index is 0.131. The highest BCUT2D eigenvalue weighted by Gasteiger charge is 2.23. The number of ether oxygens (including phenoxy) is 3. The van der Waals surface area contributed by atoms with E-state index < -0.39 is 27.2 Å². The van der Waals surface area contributed by atoms with Crippen molar-refractivity contribution in [1.82, 2.24) is 0 Å². The number of hydrogen-bond donors (Lipinski definition) is 0. The number of carbonyl (C=O) groups is 1. The third-order valence-corrected chi connectivity index (χ3v) is 4.88. The number of nitro benzene ring substituents is 2. The fraction of sp³-hybridized carbons (Fsp3) is 0.0417. The molecule has 0 aliphatic carbocycles. The highest BCUT2D eigenvalue weighted by molar-refractivity contribution is 6.05. The average molecular weight is 460 g/mol. The topological polar surface area (TPSA) is 131 Å². The second kappa shape index (κ2) is 9.25. The SMILES string of the molecule is COc1ccc(C2=C/C(=C\c3ccc(Oc4ccc([N+](=O)[O-])cc4[N+](=O)[O-])cc3)C(=O)O2)cc1. The molecule has 0 saturated carbocycles. The third-order valence-electron chi connectivity index (χ3n) is 4.88. The van der Waals surface area contributed by atoms with E-state index in [1.54, 1.807) is 67.8 Å². The molecule has 0 bridgehead atoms. The monoisotopic (exact) mass is 460 g/mol. The predicted molar refractivity (Wildman–Crippen MR) is 121 cm³/mol. The van der Waals surface area contributed by atoms with Crippen molar-refractivity contribution in [3.05, 3.63) is 110 Å². The van der Waals surface area contributed by atoms with Crippen molar-refractivity contribution >= 4 is 29.2 Å². The van der Waals surface area contributed by atoms with E-state index in [0.717, 1.165) is 17.7 Å².